The minimum Gasteiger partial charge on any atom is -0.453 e. The Hall–Kier alpha value is -8.02. The molecule has 2 aliphatic heterocycles. The van der Waals surface area contributed by atoms with E-state index >= 15 is 0 Å². The summed E-state index contributed by atoms with van der Waals surface area (Å²) in [7, 11) is 2.26. The Morgan fingerprint density at radius 1 is 0.397 bits per heavy atom. The third-order valence-electron chi connectivity index (χ3n) is 13.5. The first kappa shape index (κ1) is 35.7. The molecule has 0 bridgehead atoms. The van der Waals surface area contributed by atoms with E-state index in [-0.39, 0.29) is 5.41 Å². The predicted molar refractivity (Wildman–Crippen MR) is 258 cm³/mol. The third kappa shape index (κ3) is 5.11. The van der Waals surface area contributed by atoms with Crippen molar-refractivity contribution in [2.75, 3.05) is 9.80 Å². The van der Waals surface area contributed by atoms with E-state index in [1.54, 1.807) is 0 Å². The van der Waals surface area contributed by atoms with Gasteiger partial charge in [0.05, 0.1) is 33.8 Å². The number of nitrogens with zero attached hydrogens (tertiary/aromatic N) is 3. The maximum Gasteiger partial charge on any atom is 0.151 e. The van der Waals surface area contributed by atoms with Crippen LogP contribution < -0.4 is 19.3 Å². The number of anilines is 6. The average molecular weight is 812 g/mol. The van der Waals surface area contributed by atoms with E-state index < -0.39 is 0 Å². The minimum absolute atomic E-state index is 0.215. The van der Waals surface area contributed by atoms with Gasteiger partial charge in [-0.25, -0.2) is 0 Å². The second kappa shape index (κ2) is 13.2. The van der Waals surface area contributed by atoms with Gasteiger partial charge in [0.1, 0.15) is 0 Å². The molecule has 5 heteroatoms. The molecule has 0 radical (unpaired) electrons. The highest BCUT2D eigenvalue weighted by molar-refractivity contribution is 6.20. The lowest BCUT2D eigenvalue weighted by molar-refractivity contribution is 0.477. The van der Waals surface area contributed by atoms with Gasteiger partial charge in [0.15, 0.2) is 23.0 Å². The molecule has 3 aliphatic rings. The highest BCUT2D eigenvalue weighted by atomic mass is 16.5. The number of aryl methyl sites for hydroxylation is 1. The van der Waals surface area contributed by atoms with Gasteiger partial charge in [-0.1, -0.05) is 129 Å². The first-order valence-electron chi connectivity index (χ1n) is 21.7. The summed E-state index contributed by atoms with van der Waals surface area (Å²) in [6.45, 7) is 4.80. The van der Waals surface area contributed by atoms with E-state index in [4.69, 9.17) is 9.47 Å². The van der Waals surface area contributed by atoms with Crippen molar-refractivity contribution in [3.05, 3.63) is 205 Å². The van der Waals surface area contributed by atoms with Gasteiger partial charge in [-0.3, -0.25) is 0 Å². The van der Waals surface area contributed by atoms with Crippen molar-refractivity contribution in [1.82, 2.24) is 4.57 Å². The van der Waals surface area contributed by atoms with Gasteiger partial charge in [-0.2, -0.15) is 0 Å². The molecule has 13 rings (SSSR count). The number of para-hydroxylation sites is 9. The molecule has 3 heterocycles. The molecule has 1 aliphatic carbocycles. The van der Waals surface area contributed by atoms with Crippen molar-refractivity contribution in [3.63, 3.8) is 0 Å². The molecule has 63 heavy (non-hydrogen) atoms. The number of hydrogen-bond acceptors (Lipinski definition) is 4. The number of benzene rings is 9. The van der Waals surface area contributed by atoms with Crippen LogP contribution in [-0.2, 0) is 12.5 Å². The van der Waals surface area contributed by atoms with Gasteiger partial charge in [-0.15, -0.1) is 0 Å². The molecule has 0 spiro atoms. The lowest BCUT2D eigenvalue weighted by Crippen LogP contribution is -2.16. The van der Waals surface area contributed by atoms with Crippen LogP contribution in [0.25, 0.3) is 55.2 Å². The molecule has 10 aromatic rings. The largest absolute Gasteiger partial charge is 0.453 e. The maximum absolute atomic E-state index is 6.42. The number of hydrogen-bond donors (Lipinski definition) is 0. The van der Waals surface area contributed by atoms with Crippen LogP contribution in [0.3, 0.4) is 0 Å². The van der Waals surface area contributed by atoms with Crippen LogP contribution in [0.1, 0.15) is 25.0 Å². The molecule has 0 fully saturated rings. The molecular formula is C58H41N3O2. The molecule has 1 aromatic heterocycles. The van der Waals surface area contributed by atoms with Crippen molar-refractivity contribution in [2.24, 2.45) is 7.05 Å². The van der Waals surface area contributed by atoms with Crippen LogP contribution in [0.5, 0.6) is 23.0 Å². The fourth-order valence-electron chi connectivity index (χ4n) is 10.8. The van der Waals surface area contributed by atoms with Gasteiger partial charge >= 0.3 is 0 Å². The lowest BCUT2D eigenvalue weighted by Gasteiger charge is -2.33. The van der Waals surface area contributed by atoms with Gasteiger partial charge in [0, 0.05) is 45.7 Å². The number of rotatable bonds is 4. The SMILES string of the molecule is Cn1c2c(-c3cccc(N4c5ccccc5Oc5ccccc54)c3)cccc2c2c3c(cc(-c4cccc(N5c6ccccc6Oc6ccccc65)c4)c21)-c1ccccc1C3(C)C. The summed E-state index contributed by atoms with van der Waals surface area (Å²) in [6, 6.07) is 69.5. The topological polar surface area (TPSA) is 29.9 Å². The van der Waals surface area contributed by atoms with E-state index in [9.17, 15) is 0 Å². The van der Waals surface area contributed by atoms with Gasteiger partial charge in [-0.05, 0) is 112 Å². The van der Waals surface area contributed by atoms with Crippen molar-refractivity contribution in [2.45, 2.75) is 19.3 Å². The summed E-state index contributed by atoms with van der Waals surface area (Å²) in [5.41, 5.74) is 18.5. The Balaban J connectivity index is 1.05. The Kier molecular flexibility index (Phi) is 7.50. The van der Waals surface area contributed by atoms with Crippen LogP contribution >= 0.6 is 0 Å². The zero-order valence-corrected chi connectivity index (χ0v) is 35.1. The molecule has 0 N–H and O–H groups in total. The van der Waals surface area contributed by atoms with E-state index in [2.05, 4.69) is 181 Å². The second-order valence-corrected chi connectivity index (χ2v) is 17.3. The van der Waals surface area contributed by atoms with Crippen molar-refractivity contribution in [3.8, 4) is 56.4 Å². The Labute approximate surface area is 366 Å². The zero-order valence-electron chi connectivity index (χ0n) is 35.1. The molecule has 0 unspecified atom stereocenters. The fourth-order valence-corrected chi connectivity index (χ4v) is 10.8. The van der Waals surface area contributed by atoms with Crippen LogP contribution in [-0.4, -0.2) is 4.57 Å². The van der Waals surface area contributed by atoms with Crippen LogP contribution in [0.15, 0.2) is 194 Å². The van der Waals surface area contributed by atoms with Crippen molar-refractivity contribution < 1.29 is 9.47 Å². The third-order valence-corrected chi connectivity index (χ3v) is 13.5. The Morgan fingerprint density at radius 3 is 1.41 bits per heavy atom. The van der Waals surface area contributed by atoms with Crippen LogP contribution in [0.4, 0.5) is 34.1 Å². The smallest absolute Gasteiger partial charge is 0.151 e. The summed E-state index contributed by atoms with van der Waals surface area (Å²) in [5.74, 6) is 3.36. The fraction of sp³-hybridized carbons (Fsp3) is 0.0690. The summed E-state index contributed by atoms with van der Waals surface area (Å²) in [6.07, 6.45) is 0. The first-order chi connectivity index (χ1) is 30.9. The molecule has 0 saturated carbocycles. The number of aromatic nitrogens is 1. The second-order valence-electron chi connectivity index (χ2n) is 17.3. The monoisotopic (exact) mass is 811 g/mol. The summed E-state index contributed by atoms with van der Waals surface area (Å²) in [4.78, 5) is 4.65. The summed E-state index contributed by atoms with van der Waals surface area (Å²) >= 11 is 0. The molecular weight excluding hydrogens is 771 g/mol. The average Bonchev–Trinajstić information content (AvgIpc) is 3.75. The minimum atomic E-state index is -0.215. The molecule has 5 nitrogen and oxygen atoms in total. The molecule has 300 valence electrons. The summed E-state index contributed by atoms with van der Waals surface area (Å²) < 4.78 is 15.3. The summed E-state index contributed by atoms with van der Waals surface area (Å²) in [5, 5.41) is 2.56. The standard InChI is InChI=1S/C58H41N3O2/c1-58(2)45-24-5-4-21-41(45)44-35-43(37-18-15-20-39(34-37)61-48-27-8-12-31-52(48)63-53-32-13-9-28-49(53)61)57-54(55(44)58)42-23-16-22-40(56(42)59(57)3)36-17-14-19-38(33-36)60-46-25-6-10-29-50(46)62-51-30-11-7-26-47(51)60/h4-35H,1-3H3. The maximum atomic E-state index is 6.42. The van der Waals surface area contributed by atoms with E-state index in [1.807, 2.05) is 48.5 Å². The van der Waals surface area contributed by atoms with Crippen molar-refractivity contribution in [1.29, 1.82) is 0 Å². The molecule has 0 amide bonds. The predicted octanol–water partition coefficient (Wildman–Crippen LogP) is 16.1. The van der Waals surface area contributed by atoms with E-state index in [1.165, 1.54) is 55.2 Å². The highest BCUT2D eigenvalue weighted by Crippen LogP contribution is 2.57. The van der Waals surface area contributed by atoms with Crippen molar-refractivity contribution >= 4 is 55.9 Å². The Morgan fingerprint density at radius 2 is 0.857 bits per heavy atom. The van der Waals surface area contributed by atoms with Gasteiger partial charge in [0.2, 0.25) is 0 Å². The first-order valence-corrected chi connectivity index (χ1v) is 21.7. The molecule has 0 saturated heterocycles. The normalized spacial score (nSPS) is 14.0. The Bertz CT molecular complexity index is 3450. The number of fused-ring (bicyclic) bond motifs is 11. The van der Waals surface area contributed by atoms with E-state index in [0.717, 1.165) is 68.2 Å². The van der Waals surface area contributed by atoms with Gasteiger partial charge < -0.3 is 23.8 Å². The quantitative estimate of drug-likeness (QED) is 0.177. The van der Waals surface area contributed by atoms with Gasteiger partial charge in [0.25, 0.3) is 0 Å². The lowest BCUT2D eigenvalue weighted by atomic mass is 9.79. The highest BCUT2D eigenvalue weighted by Gasteiger charge is 2.39. The molecule has 9 aromatic carbocycles. The van der Waals surface area contributed by atoms with E-state index in [0.29, 0.717) is 0 Å². The van der Waals surface area contributed by atoms with Crippen LogP contribution in [0.2, 0.25) is 0 Å². The zero-order chi connectivity index (χ0) is 42.0. The molecule has 0 atom stereocenters. The number of ether oxygens (including phenoxy) is 2. The van der Waals surface area contributed by atoms with Crippen LogP contribution in [0, 0.1) is 0 Å².